The zero-order chi connectivity index (χ0) is 26.3. The lowest BCUT2D eigenvalue weighted by Gasteiger charge is -2.24. The zero-order valence-corrected chi connectivity index (χ0v) is 23.5. The smallest absolute Gasteiger partial charge is 0.291 e. The first-order valence-electron chi connectivity index (χ1n) is 13.7. The maximum atomic E-state index is 13.4. The van der Waals surface area contributed by atoms with E-state index in [0.29, 0.717) is 29.8 Å². The number of nitrogens with two attached hydrogens (primary N) is 1. The highest BCUT2D eigenvalue weighted by atomic mass is 32.2. The van der Waals surface area contributed by atoms with E-state index in [-0.39, 0.29) is 41.4 Å². The normalized spacial score (nSPS) is 24.3. The van der Waals surface area contributed by atoms with Gasteiger partial charge in [0, 0.05) is 17.8 Å². The van der Waals surface area contributed by atoms with Crippen molar-refractivity contribution in [1.82, 2.24) is 15.8 Å². The molecule has 0 aromatic carbocycles. The highest BCUT2D eigenvalue weighted by Gasteiger charge is 2.40. The molecule has 2 saturated carbocycles. The van der Waals surface area contributed by atoms with E-state index in [1.165, 1.54) is 50.3 Å². The topological polar surface area (TPSA) is 119 Å². The van der Waals surface area contributed by atoms with Crippen LogP contribution in [0, 0.1) is 23.2 Å². The number of amides is 2. The molecule has 204 valence electrons. The van der Waals surface area contributed by atoms with Crippen LogP contribution in [0.15, 0.2) is 9.42 Å². The Morgan fingerprint density at radius 3 is 2.72 bits per heavy atom. The van der Waals surface area contributed by atoms with Gasteiger partial charge in [0.15, 0.2) is 0 Å². The van der Waals surface area contributed by atoms with Crippen LogP contribution in [0.4, 0.5) is 0 Å². The Balaban J connectivity index is 1.67. The van der Waals surface area contributed by atoms with Crippen molar-refractivity contribution in [3.63, 3.8) is 0 Å². The number of nitrogens with zero attached hydrogens (tertiary/aromatic N) is 1. The average molecular weight is 523 g/mol. The summed E-state index contributed by atoms with van der Waals surface area (Å²) in [5.74, 6) is 2.22. The molecule has 1 aromatic heterocycles. The summed E-state index contributed by atoms with van der Waals surface area (Å²) in [6.45, 7) is 11.2. The number of carbonyl (C=O) groups is 2. The standard InChI is InChI=1S/C27H46N4O4S/c1-6-18-9-7-10-20-19(15-18)11-12-21(20)30-24(32)22-23(36-17(2)3)25(31-35-22)34-16-27(4,5)26(33)29-14-8-13-28/h17-21H,6-16,28H2,1-5H3,(H,29,33)(H,30,32). The number of hydrogen-bond donors (Lipinski definition) is 3. The first-order chi connectivity index (χ1) is 17.2. The fourth-order valence-electron chi connectivity index (χ4n) is 5.55. The number of hydrogen-bond acceptors (Lipinski definition) is 7. The SMILES string of the molecule is CCC1CCCC2C(CCC2NC(=O)c2onc(OCC(C)(C)C(=O)NCCCN)c2SC(C)C)C1. The van der Waals surface area contributed by atoms with Gasteiger partial charge in [-0.2, -0.15) is 0 Å². The Labute approximate surface area is 220 Å². The summed E-state index contributed by atoms with van der Waals surface area (Å²) in [5, 5.41) is 10.5. The molecule has 2 aliphatic carbocycles. The predicted octanol–water partition coefficient (Wildman–Crippen LogP) is 4.77. The van der Waals surface area contributed by atoms with Gasteiger partial charge in [0.2, 0.25) is 11.7 Å². The van der Waals surface area contributed by atoms with Crippen LogP contribution in [0.3, 0.4) is 0 Å². The van der Waals surface area contributed by atoms with E-state index >= 15 is 0 Å². The third-order valence-corrected chi connectivity index (χ3v) is 8.75. The number of thioether (sulfide) groups is 1. The van der Waals surface area contributed by atoms with Gasteiger partial charge >= 0.3 is 0 Å². The van der Waals surface area contributed by atoms with Gasteiger partial charge < -0.3 is 25.6 Å². The minimum absolute atomic E-state index is 0.111. The van der Waals surface area contributed by atoms with Crippen molar-refractivity contribution in [3.05, 3.63) is 5.76 Å². The molecule has 0 saturated heterocycles. The minimum Gasteiger partial charge on any atom is -0.474 e. The van der Waals surface area contributed by atoms with Crippen LogP contribution in [0.1, 0.15) is 96.5 Å². The summed E-state index contributed by atoms with van der Waals surface area (Å²) < 4.78 is 11.5. The monoisotopic (exact) mass is 522 g/mol. The number of aromatic nitrogens is 1. The molecule has 2 aliphatic rings. The molecule has 0 spiro atoms. The molecule has 36 heavy (non-hydrogen) atoms. The van der Waals surface area contributed by atoms with Crippen molar-refractivity contribution in [1.29, 1.82) is 0 Å². The second-order valence-corrected chi connectivity index (χ2v) is 13.0. The average Bonchev–Trinajstić information content (AvgIpc) is 3.33. The largest absolute Gasteiger partial charge is 0.474 e. The molecular formula is C27H46N4O4S. The predicted molar refractivity (Wildman–Crippen MR) is 143 cm³/mol. The molecule has 4 N–H and O–H groups in total. The lowest BCUT2D eigenvalue weighted by atomic mass is 9.86. The van der Waals surface area contributed by atoms with Gasteiger partial charge in [0.05, 0.1) is 5.41 Å². The van der Waals surface area contributed by atoms with Gasteiger partial charge in [-0.3, -0.25) is 9.59 Å². The maximum Gasteiger partial charge on any atom is 0.291 e. The van der Waals surface area contributed by atoms with E-state index in [2.05, 4.69) is 36.6 Å². The van der Waals surface area contributed by atoms with Gasteiger partial charge in [-0.15, -0.1) is 11.8 Å². The fraction of sp³-hybridized carbons (Fsp3) is 0.815. The molecule has 0 bridgehead atoms. The number of fused-ring (bicyclic) bond motifs is 1. The Bertz CT molecular complexity index is 872. The van der Waals surface area contributed by atoms with E-state index in [9.17, 15) is 9.59 Å². The van der Waals surface area contributed by atoms with Crippen LogP contribution < -0.4 is 21.1 Å². The van der Waals surface area contributed by atoms with E-state index in [1.807, 2.05) is 13.8 Å². The fourth-order valence-corrected chi connectivity index (χ4v) is 6.46. The molecule has 1 heterocycles. The third-order valence-electron chi connectivity index (χ3n) is 7.68. The van der Waals surface area contributed by atoms with Crippen LogP contribution in [0.5, 0.6) is 5.88 Å². The lowest BCUT2D eigenvalue weighted by Crippen LogP contribution is -2.41. The van der Waals surface area contributed by atoms with Crippen LogP contribution in [0.2, 0.25) is 0 Å². The van der Waals surface area contributed by atoms with Crippen LogP contribution in [0.25, 0.3) is 0 Å². The molecule has 0 radical (unpaired) electrons. The molecule has 4 atom stereocenters. The molecule has 2 amide bonds. The minimum atomic E-state index is -0.773. The van der Waals surface area contributed by atoms with Crippen molar-refractivity contribution in [2.45, 2.75) is 102 Å². The Morgan fingerprint density at radius 1 is 1.25 bits per heavy atom. The third kappa shape index (κ3) is 7.40. The van der Waals surface area contributed by atoms with E-state index < -0.39 is 5.41 Å². The quantitative estimate of drug-likeness (QED) is 0.267. The number of rotatable bonds is 12. The Hall–Kier alpha value is -1.74. The number of ether oxygens (including phenoxy) is 1. The van der Waals surface area contributed by atoms with Crippen LogP contribution >= 0.6 is 11.8 Å². The summed E-state index contributed by atoms with van der Waals surface area (Å²) in [6.07, 6.45) is 9.22. The molecule has 8 nitrogen and oxygen atoms in total. The van der Waals surface area contributed by atoms with E-state index in [4.69, 9.17) is 15.0 Å². The maximum absolute atomic E-state index is 13.4. The van der Waals surface area contributed by atoms with Gasteiger partial charge in [0.1, 0.15) is 11.5 Å². The van der Waals surface area contributed by atoms with Crippen molar-refractivity contribution in [2.75, 3.05) is 19.7 Å². The molecule has 2 fully saturated rings. The van der Waals surface area contributed by atoms with Crippen molar-refractivity contribution >= 4 is 23.6 Å². The van der Waals surface area contributed by atoms with Crippen molar-refractivity contribution in [3.8, 4) is 5.88 Å². The zero-order valence-electron chi connectivity index (χ0n) is 22.7. The van der Waals surface area contributed by atoms with E-state index in [1.54, 1.807) is 0 Å². The Morgan fingerprint density at radius 2 is 2.03 bits per heavy atom. The van der Waals surface area contributed by atoms with Crippen molar-refractivity contribution in [2.24, 2.45) is 28.9 Å². The van der Waals surface area contributed by atoms with Gasteiger partial charge in [-0.1, -0.05) is 40.0 Å². The number of carbonyl (C=O) groups excluding carboxylic acids is 2. The molecule has 1 aromatic rings. The van der Waals surface area contributed by atoms with Gasteiger partial charge in [-0.25, -0.2) is 0 Å². The molecular weight excluding hydrogens is 476 g/mol. The lowest BCUT2D eigenvalue weighted by molar-refractivity contribution is -0.130. The molecule has 3 rings (SSSR count). The molecule has 4 unspecified atom stereocenters. The molecule has 9 heteroatoms. The number of nitrogens with one attached hydrogen (secondary N) is 2. The van der Waals surface area contributed by atoms with Gasteiger partial charge in [-0.05, 0) is 75.4 Å². The second kappa shape index (κ2) is 13.2. The van der Waals surface area contributed by atoms with E-state index in [0.717, 1.165) is 18.8 Å². The van der Waals surface area contributed by atoms with Crippen LogP contribution in [-0.4, -0.2) is 48.0 Å². The van der Waals surface area contributed by atoms with Crippen LogP contribution in [-0.2, 0) is 4.79 Å². The first-order valence-corrected chi connectivity index (χ1v) is 14.6. The highest BCUT2D eigenvalue weighted by molar-refractivity contribution is 8.00. The Kier molecular flexibility index (Phi) is 10.5. The highest BCUT2D eigenvalue weighted by Crippen LogP contribution is 2.44. The first kappa shape index (κ1) is 28.8. The van der Waals surface area contributed by atoms with Gasteiger partial charge in [0.25, 0.3) is 11.8 Å². The van der Waals surface area contributed by atoms with Crippen molar-refractivity contribution < 1.29 is 18.8 Å². The summed E-state index contributed by atoms with van der Waals surface area (Å²) >= 11 is 1.49. The summed E-state index contributed by atoms with van der Waals surface area (Å²) in [6, 6.07) is 0.181. The molecule has 0 aliphatic heterocycles. The second-order valence-electron chi connectivity index (χ2n) is 11.4. The summed E-state index contributed by atoms with van der Waals surface area (Å²) in [5.41, 5.74) is 4.74. The summed E-state index contributed by atoms with van der Waals surface area (Å²) in [7, 11) is 0. The summed E-state index contributed by atoms with van der Waals surface area (Å²) in [4.78, 5) is 26.5.